The lowest BCUT2D eigenvalue weighted by molar-refractivity contribution is -1.03. The van der Waals surface area contributed by atoms with Gasteiger partial charge in [0.1, 0.15) is 38.5 Å². The Morgan fingerprint density at radius 3 is 2.19 bits per heavy atom. The van der Waals surface area contributed by atoms with Crippen molar-refractivity contribution in [3.63, 3.8) is 0 Å². The summed E-state index contributed by atoms with van der Waals surface area (Å²) < 4.78 is 5.24. The molecule has 1 heterocycles. The summed E-state index contributed by atoms with van der Waals surface area (Å²) in [7, 11) is 5.40. The van der Waals surface area contributed by atoms with Crippen LogP contribution >= 0.6 is 0 Å². The van der Waals surface area contributed by atoms with Crippen molar-refractivity contribution in [3.05, 3.63) is 65.7 Å². The number of carbonyl (C=O) groups excluding carboxylic acids is 1. The summed E-state index contributed by atoms with van der Waals surface area (Å²) in [5, 5.41) is 0. The molecule has 1 atom stereocenters. The minimum Gasteiger partial charge on any atom is -0.497 e. The third-order valence-corrected chi connectivity index (χ3v) is 5.44. The molecular formula is C22H31N3O2+2. The summed E-state index contributed by atoms with van der Waals surface area (Å²) in [4.78, 5) is 17.5. The number of quaternary nitrogens is 2. The van der Waals surface area contributed by atoms with Crippen molar-refractivity contribution in [3.8, 4) is 5.75 Å². The number of nitrogens with one attached hydrogen (secondary N) is 2. The van der Waals surface area contributed by atoms with Crippen molar-refractivity contribution in [2.24, 2.45) is 0 Å². The van der Waals surface area contributed by atoms with Gasteiger partial charge in [0, 0.05) is 25.2 Å². The third-order valence-electron chi connectivity index (χ3n) is 5.44. The average molecular weight is 370 g/mol. The van der Waals surface area contributed by atoms with E-state index in [4.69, 9.17) is 4.74 Å². The molecule has 1 fully saturated rings. The highest BCUT2D eigenvalue weighted by atomic mass is 16.5. The molecule has 5 nitrogen and oxygen atoms in total. The van der Waals surface area contributed by atoms with Gasteiger partial charge < -0.3 is 19.4 Å². The lowest BCUT2D eigenvalue weighted by Gasteiger charge is -2.35. The van der Waals surface area contributed by atoms with Gasteiger partial charge in [-0.3, -0.25) is 4.79 Å². The molecule has 27 heavy (non-hydrogen) atoms. The first kappa shape index (κ1) is 19.4. The predicted octanol–water partition coefficient (Wildman–Crippen LogP) is -0.192. The number of rotatable bonds is 6. The smallest absolute Gasteiger partial charge is 0.285 e. The number of hydrogen-bond donors (Lipinski definition) is 2. The molecular weight excluding hydrogens is 338 g/mol. The van der Waals surface area contributed by atoms with E-state index in [9.17, 15) is 4.79 Å². The second-order valence-corrected chi connectivity index (χ2v) is 7.51. The fourth-order valence-electron chi connectivity index (χ4n) is 3.88. The number of likely N-dealkylation sites (N-methyl/N-ethyl adjacent to an activating group) is 1. The maximum Gasteiger partial charge on any atom is 0.285 e. The Morgan fingerprint density at radius 1 is 1.00 bits per heavy atom. The first-order valence-electron chi connectivity index (χ1n) is 9.65. The van der Waals surface area contributed by atoms with Crippen LogP contribution < -0.4 is 14.5 Å². The summed E-state index contributed by atoms with van der Waals surface area (Å²) in [6.07, 6.45) is 0. The van der Waals surface area contributed by atoms with E-state index in [0.717, 1.165) is 44.0 Å². The molecule has 0 bridgehead atoms. The minimum absolute atomic E-state index is 0.108. The van der Waals surface area contributed by atoms with Crippen molar-refractivity contribution >= 4 is 5.91 Å². The molecule has 2 N–H and O–H groups in total. The SMILES string of the molecule is COc1ccc(C[NH+]2CC[NH+]([C@@H](C(=O)N(C)C)c3ccccc3)CC2)cc1. The standard InChI is InChI=1S/C22H29N3O2/c1-23(2)22(26)21(19-7-5-4-6-8-19)25-15-13-24(14-16-25)17-18-9-11-20(27-3)12-10-18/h4-12,21H,13-17H2,1-3H3/p+2/t21-/m1/s1. The van der Waals surface area contributed by atoms with Crippen LogP contribution in [0.15, 0.2) is 54.6 Å². The van der Waals surface area contributed by atoms with Crippen LogP contribution in [-0.2, 0) is 11.3 Å². The van der Waals surface area contributed by atoms with Crippen molar-refractivity contribution in [2.45, 2.75) is 12.6 Å². The van der Waals surface area contributed by atoms with E-state index >= 15 is 0 Å². The molecule has 1 amide bonds. The zero-order valence-electron chi connectivity index (χ0n) is 16.6. The Bertz CT molecular complexity index is 723. The van der Waals surface area contributed by atoms with Gasteiger partial charge in [0.2, 0.25) is 0 Å². The molecule has 2 aromatic carbocycles. The molecule has 1 saturated heterocycles. The molecule has 144 valence electrons. The van der Waals surface area contributed by atoms with Crippen LogP contribution in [-0.4, -0.2) is 58.2 Å². The molecule has 2 aromatic rings. The Morgan fingerprint density at radius 2 is 1.63 bits per heavy atom. The van der Waals surface area contributed by atoms with Crippen LogP contribution in [0.25, 0.3) is 0 Å². The molecule has 0 aromatic heterocycles. The van der Waals surface area contributed by atoms with Gasteiger partial charge in [-0.25, -0.2) is 0 Å². The van der Waals surface area contributed by atoms with E-state index in [-0.39, 0.29) is 11.9 Å². The molecule has 0 aliphatic carbocycles. The van der Waals surface area contributed by atoms with Gasteiger partial charge in [0.05, 0.1) is 7.11 Å². The second kappa shape index (κ2) is 9.02. The van der Waals surface area contributed by atoms with Gasteiger partial charge in [0.25, 0.3) is 5.91 Å². The van der Waals surface area contributed by atoms with Gasteiger partial charge in [-0.05, 0) is 24.3 Å². The molecule has 0 spiro atoms. The number of hydrogen-bond acceptors (Lipinski definition) is 2. The number of benzene rings is 2. The quantitative estimate of drug-likeness (QED) is 0.741. The maximum absolute atomic E-state index is 12.9. The fraction of sp³-hybridized carbons (Fsp3) is 0.409. The van der Waals surface area contributed by atoms with E-state index in [0.29, 0.717) is 0 Å². The number of amides is 1. The number of nitrogens with zero attached hydrogens (tertiary/aromatic N) is 1. The maximum atomic E-state index is 12.9. The first-order chi connectivity index (χ1) is 13.1. The molecule has 1 aliphatic rings. The van der Waals surface area contributed by atoms with Crippen molar-refractivity contribution in [2.75, 3.05) is 47.4 Å². The predicted molar refractivity (Wildman–Crippen MR) is 106 cm³/mol. The highest BCUT2D eigenvalue weighted by Crippen LogP contribution is 2.12. The Hall–Kier alpha value is -2.37. The van der Waals surface area contributed by atoms with Crippen molar-refractivity contribution in [1.82, 2.24) is 4.90 Å². The zero-order chi connectivity index (χ0) is 19.2. The number of piperazine rings is 1. The van der Waals surface area contributed by atoms with Crippen LogP contribution in [0.3, 0.4) is 0 Å². The van der Waals surface area contributed by atoms with Crippen molar-refractivity contribution < 1.29 is 19.3 Å². The first-order valence-corrected chi connectivity index (χ1v) is 9.65. The van der Waals surface area contributed by atoms with Crippen LogP contribution in [0.5, 0.6) is 5.75 Å². The normalized spacial score (nSPS) is 20.7. The Balaban J connectivity index is 1.64. The lowest BCUT2D eigenvalue weighted by atomic mass is 10.0. The van der Waals surface area contributed by atoms with Gasteiger partial charge in [-0.1, -0.05) is 30.3 Å². The molecule has 3 rings (SSSR count). The van der Waals surface area contributed by atoms with E-state index in [1.807, 2.05) is 44.4 Å². The van der Waals surface area contributed by atoms with Gasteiger partial charge >= 0.3 is 0 Å². The van der Waals surface area contributed by atoms with Gasteiger partial charge in [0.15, 0.2) is 6.04 Å². The Kier molecular flexibility index (Phi) is 6.48. The van der Waals surface area contributed by atoms with Gasteiger partial charge in [-0.2, -0.15) is 0 Å². The number of ether oxygens (including phenoxy) is 1. The molecule has 0 radical (unpaired) electrons. The Labute approximate surface area is 162 Å². The summed E-state index contributed by atoms with van der Waals surface area (Å²) in [6.45, 7) is 5.18. The summed E-state index contributed by atoms with van der Waals surface area (Å²) in [6, 6.07) is 18.4. The summed E-state index contributed by atoms with van der Waals surface area (Å²) in [5.41, 5.74) is 2.45. The van der Waals surface area contributed by atoms with Crippen LogP contribution in [0.1, 0.15) is 17.2 Å². The van der Waals surface area contributed by atoms with Gasteiger partial charge in [-0.15, -0.1) is 0 Å². The van der Waals surface area contributed by atoms with Crippen LogP contribution in [0.4, 0.5) is 0 Å². The monoisotopic (exact) mass is 369 g/mol. The van der Waals surface area contributed by atoms with Crippen LogP contribution in [0, 0.1) is 0 Å². The average Bonchev–Trinajstić information content (AvgIpc) is 2.71. The third kappa shape index (κ3) is 4.87. The minimum atomic E-state index is -0.108. The number of methoxy groups -OCH3 is 1. The lowest BCUT2D eigenvalue weighted by Crippen LogP contribution is -3.28. The largest absolute Gasteiger partial charge is 0.497 e. The van der Waals surface area contributed by atoms with E-state index < -0.39 is 0 Å². The van der Waals surface area contributed by atoms with Crippen molar-refractivity contribution in [1.29, 1.82) is 0 Å². The molecule has 0 saturated carbocycles. The molecule has 0 unspecified atom stereocenters. The van der Waals surface area contributed by atoms with E-state index in [1.165, 1.54) is 10.5 Å². The molecule has 5 heteroatoms. The second-order valence-electron chi connectivity index (χ2n) is 7.51. The fourth-order valence-corrected chi connectivity index (χ4v) is 3.88. The highest BCUT2D eigenvalue weighted by molar-refractivity contribution is 5.81. The zero-order valence-corrected chi connectivity index (χ0v) is 16.6. The van der Waals surface area contributed by atoms with E-state index in [1.54, 1.807) is 16.9 Å². The van der Waals surface area contributed by atoms with E-state index in [2.05, 4.69) is 24.3 Å². The summed E-state index contributed by atoms with van der Waals surface area (Å²) in [5.74, 6) is 1.09. The molecule has 1 aliphatic heterocycles. The summed E-state index contributed by atoms with van der Waals surface area (Å²) >= 11 is 0. The van der Waals surface area contributed by atoms with Crippen LogP contribution in [0.2, 0.25) is 0 Å². The topological polar surface area (TPSA) is 38.4 Å². The number of carbonyl (C=O) groups is 1. The highest BCUT2D eigenvalue weighted by Gasteiger charge is 2.36.